The third-order valence-corrected chi connectivity index (χ3v) is 6.19. The number of guanidine groups is 1. The van der Waals surface area contributed by atoms with Gasteiger partial charge in [-0.25, -0.2) is 0 Å². The van der Waals surface area contributed by atoms with Crippen LogP contribution in [-0.4, -0.2) is 37.5 Å². The van der Waals surface area contributed by atoms with Gasteiger partial charge < -0.3 is 10.2 Å². The molecule has 2 saturated carbocycles. The maximum Gasteiger partial charge on any atom is 0.193 e. The van der Waals surface area contributed by atoms with Crippen molar-refractivity contribution in [3.8, 4) is 0 Å². The molecule has 4 rings (SSSR count). The van der Waals surface area contributed by atoms with Gasteiger partial charge in [0.15, 0.2) is 5.96 Å². The van der Waals surface area contributed by atoms with Crippen LogP contribution in [0.2, 0.25) is 0 Å². The lowest BCUT2D eigenvalue weighted by molar-refractivity contribution is 0.151. The SMILES string of the molecule is CN=C(NCC1(c2ccccc2)CC1)N1CCC2(CCC2)C1. The molecule has 1 aromatic rings. The summed E-state index contributed by atoms with van der Waals surface area (Å²) < 4.78 is 0. The Kier molecular flexibility index (Phi) is 3.39. The van der Waals surface area contributed by atoms with Gasteiger partial charge in [-0.3, -0.25) is 4.99 Å². The average Bonchev–Trinajstić information content (AvgIpc) is 3.18. The third kappa shape index (κ3) is 2.41. The average molecular weight is 297 g/mol. The van der Waals surface area contributed by atoms with Gasteiger partial charge in [-0.2, -0.15) is 0 Å². The van der Waals surface area contributed by atoms with Crippen molar-refractivity contribution in [1.29, 1.82) is 0 Å². The van der Waals surface area contributed by atoms with Crippen molar-refractivity contribution in [2.24, 2.45) is 10.4 Å². The van der Waals surface area contributed by atoms with E-state index in [4.69, 9.17) is 0 Å². The fourth-order valence-electron chi connectivity index (χ4n) is 4.29. The van der Waals surface area contributed by atoms with Crippen LogP contribution in [0.4, 0.5) is 0 Å². The molecule has 22 heavy (non-hydrogen) atoms. The van der Waals surface area contributed by atoms with Gasteiger partial charge in [0.1, 0.15) is 0 Å². The number of likely N-dealkylation sites (tertiary alicyclic amines) is 1. The molecule has 3 aliphatic rings. The van der Waals surface area contributed by atoms with Crippen LogP contribution in [-0.2, 0) is 5.41 Å². The van der Waals surface area contributed by atoms with Crippen molar-refractivity contribution in [2.45, 2.75) is 43.9 Å². The summed E-state index contributed by atoms with van der Waals surface area (Å²) in [5.74, 6) is 1.12. The second-order valence-corrected chi connectivity index (χ2v) is 7.57. The minimum atomic E-state index is 0.352. The molecule has 0 bridgehead atoms. The summed E-state index contributed by atoms with van der Waals surface area (Å²) >= 11 is 0. The third-order valence-electron chi connectivity index (χ3n) is 6.19. The van der Waals surface area contributed by atoms with E-state index < -0.39 is 0 Å². The minimum absolute atomic E-state index is 0.352. The van der Waals surface area contributed by atoms with E-state index >= 15 is 0 Å². The van der Waals surface area contributed by atoms with E-state index in [-0.39, 0.29) is 0 Å². The summed E-state index contributed by atoms with van der Waals surface area (Å²) in [6.07, 6.45) is 8.23. The van der Waals surface area contributed by atoms with Crippen LogP contribution >= 0.6 is 0 Å². The van der Waals surface area contributed by atoms with Crippen molar-refractivity contribution < 1.29 is 0 Å². The Balaban J connectivity index is 1.38. The Morgan fingerprint density at radius 1 is 1.14 bits per heavy atom. The molecule has 3 nitrogen and oxygen atoms in total. The van der Waals surface area contributed by atoms with Crippen molar-refractivity contribution in [3.05, 3.63) is 35.9 Å². The highest BCUT2D eigenvalue weighted by atomic mass is 15.3. The number of nitrogens with zero attached hydrogens (tertiary/aromatic N) is 2. The lowest BCUT2D eigenvalue weighted by Gasteiger charge is -2.38. The molecule has 1 spiro atoms. The molecule has 118 valence electrons. The molecule has 2 aliphatic carbocycles. The van der Waals surface area contributed by atoms with E-state index in [1.807, 2.05) is 7.05 Å². The molecule has 1 heterocycles. The Morgan fingerprint density at radius 3 is 2.45 bits per heavy atom. The zero-order valence-electron chi connectivity index (χ0n) is 13.6. The lowest BCUT2D eigenvalue weighted by atomic mass is 9.68. The lowest BCUT2D eigenvalue weighted by Crippen LogP contribution is -2.44. The molecule has 1 saturated heterocycles. The molecule has 0 atom stereocenters. The second-order valence-electron chi connectivity index (χ2n) is 7.57. The molecular weight excluding hydrogens is 270 g/mol. The van der Waals surface area contributed by atoms with E-state index in [0.717, 1.165) is 12.5 Å². The zero-order valence-corrected chi connectivity index (χ0v) is 13.6. The zero-order chi connectivity index (χ0) is 15.0. The van der Waals surface area contributed by atoms with Crippen molar-refractivity contribution in [1.82, 2.24) is 10.2 Å². The number of aliphatic imine (C=N–C) groups is 1. The van der Waals surface area contributed by atoms with Crippen LogP contribution in [0.15, 0.2) is 35.3 Å². The Hall–Kier alpha value is -1.51. The van der Waals surface area contributed by atoms with Crippen LogP contribution in [0.1, 0.15) is 44.1 Å². The summed E-state index contributed by atoms with van der Waals surface area (Å²) in [7, 11) is 1.93. The number of nitrogens with one attached hydrogen (secondary N) is 1. The van der Waals surface area contributed by atoms with Crippen LogP contribution in [0, 0.1) is 5.41 Å². The fraction of sp³-hybridized carbons (Fsp3) is 0.632. The van der Waals surface area contributed by atoms with E-state index in [2.05, 4.69) is 45.5 Å². The molecule has 1 aliphatic heterocycles. The topological polar surface area (TPSA) is 27.6 Å². The molecule has 1 aromatic carbocycles. The molecule has 3 heteroatoms. The first-order chi connectivity index (χ1) is 10.8. The maximum absolute atomic E-state index is 4.55. The van der Waals surface area contributed by atoms with E-state index in [1.54, 1.807) is 0 Å². The predicted molar refractivity (Wildman–Crippen MR) is 91.2 cm³/mol. The molecule has 0 unspecified atom stereocenters. The highest BCUT2D eigenvalue weighted by Gasteiger charge is 2.46. The monoisotopic (exact) mass is 297 g/mol. The minimum Gasteiger partial charge on any atom is -0.355 e. The van der Waals surface area contributed by atoms with Gasteiger partial charge >= 0.3 is 0 Å². The van der Waals surface area contributed by atoms with E-state index in [9.17, 15) is 0 Å². The highest BCUT2D eigenvalue weighted by molar-refractivity contribution is 5.80. The smallest absolute Gasteiger partial charge is 0.193 e. The van der Waals surface area contributed by atoms with Gasteiger partial charge in [0.05, 0.1) is 0 Å². The summed E-state index contributed by atoms with van der Waals surface area (Å²) in [4.78, 5) is 7.04. The maximum atomic E-state index is 4.55. The molecule has 0 amide bonds. The molecule has 0 radical (unpaired) electrons. The number of benzene rings is 1. The van der Waals surface area contributed by atoms with E-state index in [1.165, 1.54) is 57.2 Å². The number of hydrogen-bond acceptors (Lipinski definition) is 1. The van der Waals surface area contributed by atoms with Gasteiger partial charge in [0.2, 0.25) is 0 Å². The van der Waals surface area contributed by atoms with Crippen LogP contribution in [0.25, 0.3) is 0 Å². The number of rotatable bonds is 3. The summed E-state index contributed by atoms with van der Waals surface area (Å²) in [5, 5.41) is 3.67. The largest absolute Gasteiger partial charge is 0.355 e. The highest BCUT2D eigenvalue weighted by Crippen LogP contribution is 2.49. The Bertz CT molecular complexity index is 555. The van der Waals surface area contributed by atoms with Crippen molar-refractivity contribution >= 4 is 5.96 Å². The standard InChI is InChI=1S/C19H27N3/c1-20-17(22-13-12-18(15-22)8-5-9-18)21-14-19(10-11-19)16-6-3-2-4-7-16/h2-4,6-7H,5,8-15H2,1H3,(H,20,21). The predicted octanol–water partition coefficient (Wildman–Crippen LogP) is 3.17. The first-order valence-electron chi connectivity index (χ1n) is 8.77. The molecule has 1 N–H and O–H groups in total. The molecular formula is C19H27N3. The number of hydrogen-bond donors (Lipinski definition) is 1. The Morgan fingerprint density at radius 2 is 1.91 bits per heavy atom. The quantitative estimate of drug-likeness (QED) is 0.685. The first-order valence-corrected chi connectivity index (χ1v) is 8.77. The fourth-order valence-corrected chi connectivity index (χ4v) is 4.29. The summed E-state index contributed by atoms with van der Waals surface area (Å²) in [6, 6.07) is 11.0. The van der Waals surface area contributed by atoms with Gasteiger partial charge in [-0.1, -0.05) is 36.8 Å². The normalized spacial score (nSPS) is 25.1. The Labute approximate surface area is 133 Å². The van der Waals surface area contributed by atoms with Crippen LogP contribution in [0.5, 0.6) is 0 Å². The van der Waals surface area contributed by atoms with Crippen LogP contribution in [0.3, 0.4) is 0 Å². The van der Waals surface area contributed by atoms with Gasteiger partial charge in [-0.15, -0.1) is 0 Å². The molecule has 0 aromatic heterocycles. The summed E-state index contributed by atoms with van der Waals surface area (Å²) in [5.41, 5.74) is 2.47. The van der Waals surface area contributed by atoms with Crippen molar-refractivity contribution in [2.75, 3.05) is 26.7 Å². The van der Waals surface area contributed by atoms with Gasteiger partial charge in [0.25, 0.3) is 0 Å². The molecule has 3 fully saturated rings. The van der Waals surface area contributed by atoms with E-state index in [0.29, 0.717) is 10.8 Å². The van der Waals surface area contributed by atoms with Crippen LogP contribution < -0.4 is 5.32 Å². The van der Waals surface area contributed by atoms with Gasteiger partial charge in [-0.05, 0) is 43.1 Å². The van der Waals surface area contributed by atoms with Crippen molar-refractivity contribution in [3.63, 3.8) is 0 Å². The first kappa shape index (κ1) is 14.1. The second kappa shape index (κ2) is 5.29. The summed E-state index contributed by atoms with van der Waals surface area (Å²) in [6.45, 7) is 3.41. The van der Waals surface area contributed by atoms with Gasteiger partial charge in [0, 0.05) is 32.1 Å².